The first kappa shape index (κ1) is 9.99. The van der Waals surface area contributed by atoms with Gasteiger partial charge < -0.3 is 4.74 Å². The molecule has 0 radical (unpaired) electrons. The van der Waals surface area contributed by atoms with Crippen molar-refractivity contribution in [3.8, 4) is 0 Å². The van der Waals surface area contributed by atoms with Crippen LogP contribution in [0.4, 0.5) is 0 Å². The Morgan fingerprint density at radius 1 is 1.40 bits per heavy atom. The highest BCUT2D eigenvalue weighted by molar-refractivity contribution is 6.19. The molecule has 0 unspecified atom stereocenters. The van der Waals surface area contributed by atoms with E-state index in [0.29, 0.717) is 12.5 Å². The minimum absolute atomic E-state index is 0.586. The highest BCUT2D eigenvalue weighted by Gasteiger charge is 1.96. The lowest BCUT2D eigenvalue weighted by atomic mass is 10.2. The molecule has 0 N–H and O–H groups in total. The maximum Gasteiger partial charge on any atom is 0.0690 e. The highest BCUT2D eigenvalue weighted by atomic mass is 35.5. The monoisotopic (exact) mass is 162 g/mol. The summed E-state index contributed by atoms with van der Waals surface area (Å²) < 4.78 is 5.21. The Bertz CT molecular complexity index is 114. The van der Waals surface area contributed by atoms with Crippen LogP contribution in [0.15, 0.2) is 11.1 Å². The van der Waals surface area contributed by atoms with Crippen molar-refractivity contribution in [3.63, 3.8) is 0 Å². The molecule has 1 nitrogen and oxygen atoms in total. The fraction of sp³-hybridized carbons (Fsp3) is 0.750. The third-order valence-electron chi connectivity index (χ3n) is 1.35. The molecule has 0 aliphatic carbocycles. The van der Waals surface area contributed by atoms with E-state index in [4.69, 9.17) is 16.3 Å². The standard InChI is InChI=1S/C8H15ClO/c1-4-10-6-8(5-9)7(2)3/h4-6H2,1-3H3. The second kappa shape index (κ2) is 5.75. The zero-order valence-corrected chi connectivity index (χ0v) is 7.66. The predicted octanol–water partition coefficient (Wildman–Crippen LogP) is 2.60. The third kappa shape index (κ3) is 3.91. The Hall–Kier alpha value is -0.0100. The molecule has 60 valence electrons. The van der Waals surface area contributed by atoms with Crippen molar-refractivity contribution in [2.24, 2.45) is 0 Å². The molecule has 0 heterocycles. The minimum Gasteiger partial charge on any atom is -0.377 e. The van der Waals surface area contributed by atoms with Crippen molar-refractivity contribution in [2.75, 3.05) is 19.1 Å². The molecule has 0 fully saturated rings. The van der Waals surface area contributed by atoms with Gasteiger partial charge in [-0.25, -0.2) is 0 Å². The number of rotatable bonds is 4. The zero-order chi connectivity index (χ0) is 7.98. The van der Waals surface area contributed by atoms with Crippen LogP contribution in [-0.2, 0) is 4.74 Å². The Labute approximate surface area is 68.0 Å². The molecule has 0 aliphatic rings. The topological polar surface area (TPSA) is 9.23 Å². The summed E-state index contributed by atoms with van der Waals surface area (Å²) in [5.41, 5.74) is 2.46. The fourth-order valence-corrected chi connectivity index (χ4v) is 0.886. The fourth-order valence-electron chi connectivity index (χ4n) is 0.542. The maximum absolute atomic E-state index is 5.66. The van der Waals surface area contributed by atoms with Gasteiger partial charge in [-0.3, -0.25) is 0 Å². The molecule has 0 amide bonds. The summed E-state index contributed by atoms with van der Waals surface area (Å²) in [4.78, 5) is 0. The van der Waals surface area contributed by atoms with Gasteiger partial charge in [0.2, 0.25) is 0 Å². The molecule has 0 atom stereocenters. The summed E-state index contributed by atoms with van der Waals surface area (Å²) in [7, 11) is 0. The number of hydrogen-bond donors (Lipinski definition) is 0. The van der Waals surface area contributed by atoms with Gasteiger partial charge in [0.05, 0.1) is 6.61 Å². The molecule has 0 aromatic rings. The molecule has 0 aromatic heterocycles. The maximum atomic E-state index is 5.66. The number of hydrogen-bond acceptors (Lipinski definition) is 1. The van der Waals surface area contributed by atoms with Crippen LogP contribution >= 0.6 is 11.6 Å². The average Bonchev–Trinajstić information content (AvgIpc) is 1.89. The van der Waals surface area contributed by atoms with Crippen LogP contribution < -0.4 is 0 Å². The van der Waals surface area contributed by atoms with Gasteiger partial charge in [-0.05, 0) is 26.3 Å². The smallest absolute Gasteiger partial charge is 0.0690 e. The van der Waals surface area contributed by atoms with Gasteiger partial charge >= 0.3 is 0 Å². The van der Waals surface area contributed by atoms with Crippen LogP contribution in [0, 0.1) is 0 Å². The molecular formula is C8H15ClO. The van der Waals surface area contributed by atoms with E-state index in [1.165, 1.54) is 11.1 Å². The summed E-state index contributed by atoms with van der Waals surface area (Å²) in [5.74, 6) is 0.586. The predicted molar refractivity (Wildman–Crippen MR) is 45.6 cm³/mol. The molecule has 0 spiro atoms. The van der Waals surface area contributed by atoms with Crippen molar-refractivity contribution >= 4 is 11.6 Å². The molecule has 0 bridgehead atoms. The quantitative estimate of drug-likeness (QED) is 0.456. The van der Waals surface area contributed by atoms with Gasteiger partial charge in [0, 0.05) is 12.5 Å². The third-order valence-corrected chi connectivity index (χ3v) is 1.67. The van der Waals surface area contributed by atoms with Crippen LogP contribution in [0.3, 0.4) is 0 Å². The number of alkyl halides is 1. The Morgan fingerprint density at radius 3 is 2.30 bits per heavy atom. The summed E-state index contributed by atoms with van der Waals surface area (Å²) in [5, 5.41) is 0. The molecule has 10 heavy (non-hydrogen) atoms. The van der Waals surface area contributed by atoms with Gasteiger partial charge in [0.15, 0.2) is 0 Å². The summed E-state index contributed by atoms with van der Waals surface area (Å²) in [6, 6.07) is 0. The van der Waals surface area contributed by atoms with E-state index in [9.17, 15) is 0 Å². The van der Waals surface area contributed by atoms with E-state index in [0.717, 1.165) is 6.61 Å². The Kier molecular flexibility index (Phi) is 5.74. The van der Waals surface area contributed by atoms with Gasteiger partial charge in [-0.15, -0.1) is 11.6 Å². The van der Waals surface area contributed by atoms with E-state index in [2.05, 4.69) is 13.8 Å². The molecule has 0 aromatic carbocycles. The van der Waals surface area contributed by atoms with Crippen LogP contribution in [0.5, 0.6) is 0 Å². The van der Waals surface area contributed by atoms with Crippen molar-refractivity contribution in [2.45, 2.75) is 20.8 Å². The van der Waals surface area contributed by atoms with Crippen LogP contribution in [0.1, 0.15) is 20.8 Å². The lowest BCUT2D eigenvalue weighted by molar-refractivity contribution is 0.170. The van der Waals surface area contributed by atoms with E-state index in [1.54, 1.807) is 0 Å². The van der Waals surface area contributed by atoms with Crippen LogP contribution in [0.2, 0.25) is 0 Å². The first-order chi connectivity index (χ1) is 4.72. The number of allylic oxidation sites excluding steroid dienone is 1. The van der Waals surface area contributed by atoms with Crippen molar-refractivity contribution in [1.29, 1.82) is 0 Å². The second-order valence-electron chi connectivity index (χ2n) is 2.37. The molecular weight excluding hydrogens is 148 g/mol. The van der Waals surface area contributed by atoms with Crippen molar-refractivity contribution in [3.05, 3.63) is 11.1 Å². The number of ether oxygens (including phenoxy) is 1. The van der Waals surface area contributed by atoms with Gasteiger partial charge in [-0.1, -0.05) is 5.57 Å². The average molecular weight is 163 g/mol. The molecule has 0 aliphatic heterocycles. The van der Waals surface area contributed by atoms with E-state index >= 15 is 0 Å². The molecule has 0 rings (SSSR count). The Balaban J connectivity index is 3.73. The summed E-state index contributed by atoms with van der Waals surface area (Å²) >= 11 is 5.66. The minimum atomic E-state index is 0.586. The van der Waals surface area contributed by atoms with Crippen molar-refractivity contribution < 1.29 is 4.74 Å². The first-order valence-corrected chi connectivity index (χ1v) is 4.04. The second-order valence-corrected chi connectivity index (χ2v) is 2.64. The van der Waals surface area contributed by atoms with Gasteiger partial charge in [0.25, 0.3) is 0 Å². The van der Waals surface area contributed by atoms with Crippen LogP contribution in [0.25, 0.3) is 0 Å². The van der Waals surface area contributed by atoms with E-state index < -0.39 is 0 Å². The summed E-state index contributed by atoms with van der Waals surface area (Å²) in [6.07, 6.45) is 0. The normalized spacial score (nSPS) is 9.60. The van der Waals surface area contributed by atoms with Gasteiger partial charge in [0.1, 0.15) is 0 Å². The highest BCUT2D eigenvalue weighted by Crippen LogP contribution is 2.05. The lowest BCUT2D eigenvalue weighted by Crippen LogP contribution is -2.00. The van der Waals surface area contributed by atoms with E-state index in [-0.39, 0.29) is 0 Å². The zero-order valence-electron chi connectivity index (χ0n) is 6.91. The van der Waals surface area contributed by atoms with Crippen molar-refractivity contribution in [1.82, 2.24) is 0 Å². The molecule has 0 saturated carbocycles. The first-order valence-electron chi connectivity index (χ1n) is 3.51. The lowest BCUT2D eigenvalue weighted by Gasteiger charge is -2.05. The largest absolute Gasteiger partial charge is 0.377 e. The molecule has 0 saturated heterocycles. The molecule has 2 heteroatoms. The SMILES string of the molecule is CCOCC(CCl)=C(C)C. The van der Waals surface area contributed by atoms with E-state index in [1.807, 2.05) is 6.92 Å². The summed E-state index contributed by atoms with van der Waals surface area (Å²) in [6.45, 7) is 7.53. The van der Waals surface area contributed by atoms with Gasteiger partial charge in [-0.2, -0.15) is 0 Å². The number of halogens is 1. The Morgan fingerprint density at radius 2 is 2.00 bits per heavy atom. The van der Waals surface area contributed by atoms with Crippen LogP contribution in [-0.4, -0.2) is 19.1 Å².